The molecule has 2 nitrogen and oxygen atoms in total. The first-order chi connectivity index (χ1) is 8.77. The number of benzene rings is 2. The van der Waals surface area contributed by atoms with E-state index in [2.05, 4.69) is 30.4 Å². The molecule has 1 aliphatic heterocycles. The summed E-state index contributed by atoms with van der Waals surface area (Å²) in [4.78, 5) is 0. The molecular formula is C16H15N2Y-. The van der Waals surface area contributed by atoms with Gasteiger partial charge in [0.15, 0.2) is 0 Å². The van der Waals surface area contributed by atoms with Crippen molar-refractivity contribution in [2.45, 2.75) is 13.0 Å². The number of hydrogen-bond acceptors (Lipinski definition) is 2. The van der Waals surface area contributed by atoms with E-state index in [1.54, 1.807) is 0 Å². The van der Waals surface area contributed by atoms with Gasteiger partial charge in [0, 0.05) is 38.4 Å². The minimum atomic E-state index is -0.0406. The summed E-state index contributed by atoms with van der Waals surface area (Å²) in [5.74, 6) is 0. The van der Waals surface area contributed by atoms with Crippen molar-refractivity contribution in [2.75, 3.05) is 0 Å². The fourth-order valence-corrected chi connectivity index (χ4v) is 2.46. The zero-order valence-electron chi connectivity index (χ0n) is 10.9. The Bertz CT molecular complexity index is 580. The minimum absolute atomic E-state index is 0. The molecule has 2 aromatic carbocycles. The molecular weight excluding hydrogens is 309 g/mol. The topological polar surface area (TPSA) is 35.9 Å². The van der Waals surface area contributed by atoms with Crippen molar-refractivity contribution in [3.63, 3.8) is 0 Å². The Morgan fingerprint density at radius 3 is 2.37 bits per heavy atom. The number of fused-ring (bicyclic) bond motifs is 1. The molecule has 0 aromatic heterocycles. The van der Waals surface area contributed by atoms with Crippen LogP contribution in [0, 0.1) is 11.5 Å². The van der Waals surface area contributed by atoms with E-state index in [4.69, 9.17) is 5.41 Å². The van der Waals surface area contributed by atoms with Crippen LogP contribution in [0.2, 0.25) is 0 Å². The monoisotopic (exact) mass is 324 g/mol. The molecule has 0 aliphatic carbocycles. The van der Waals surface area contributed by atoms with Crippen molar-refractivity contribution in [3.8, 4) is 0 Å². The second kappa shape index (κ2) is 6.00. The number of nitrogens with one attached hydrogen (secondary N) is 2. The fourth-order valence-electron chi connectivity index (χ4n) is 2.46. The van der Waals surface area contributed by atoms with E-state index in [1.165, 1.54) is 0 Å². The second-order valence-corrected chi connectivity index (χ2v) is 4.57. The molecule has 0 amide bonds. The summed E-state index contributed by atoms with van der Waals surface area (Å²) in [5.41, 5.74) is 3.94. The van der Waals surface area contributed by atoms with Gasteiger partial charge < -0.3 is 10.7 Å². The van der Waals surface area contributed by atoms with E-state index in [0.29, 0.717) is 5.71 Å². The summed E-state index contributed by atoms with van der Waals surface area (Å²) in [5, 5.41) is 11.8. The van der Waals surface area contributed by atoms with Crippen molar-refractivity contribution in [1.29, 1.82) is 5.41 Å². The van der Waals surface area contributed by atoms with Gasteiger partial charge >= 0.3 is 0 Å². The van der Waals surface area contributed by atoms with Gasteiger partial charge in [0.2, 0.25) is 0 Å². The third-order valence-electron chi connectivity index (χ3n) is 3.40. The molecule has 1 heterocycles. The van der Waals surface area contributed by atoms with Gasteiger partial charge in [0.05, 0.1) is 6.04 Å². The molecule has 19 heavy (non-hydrogen) atoms. The van der Waals surface area contributed by atoms with E-state index in [-0.39, 0.29) is 38.8 Å². The molecule has 93 valence electrons. The van der Waals surface area contributed by atoms with Gasteiger partial charge in [0.1, 0.15) is 0 Å². The van der Waals surface area contributed by atoms with Gasteiger partial charge in [-0.05, 0) is 5.56 Å². The van der Waals surface area contributed by atoms with E-state index >= 15 is 0 Å². The van der Waals surface area contributed by atoms with Gasteiger partial charge in [-0.25, -0.2) is 0 Å². The minimum Gasteiger partial charge on any atom is -0.334 e. The van der Waals surface area contributed by atoms with E-state index in [9.17, 15) is 0 Å². The summed E-state index contributed by atoms with van der Waals surface area (Å²) >= 11 is 0. The maximum absolute atomic E-state index is 8.38. The molecule has 1 aliphatic rings. The van der Waals surface area contributed by atoms with Crippen molar-refractivity contribution < 1.29 is 32.7 Å². The first-order valence-corrected chi connectivity index (χ1v) is 6.10. The quantitative estimate of drug-likeness (QED) is 0.776. The van der Waals surface area contributed by atoms with Gasteiger partial charge in [0.25, 0.3) is 0 Å². The Labute approximate surface area is 139 Å². The van der Waals surface area contributed by atoms with Crippen LogP contribution in [0.1, 0.15) is 29.7 Å². The predicted octanol–water partition coefficient (Wildman–Crippen LogP) is 3.30. The van der Waals surface area contributed by atoms with Crippen LogP contribution in [0.5, 0.6) is 0 Å². The normalized spacial score (nSPS) is 17.6. The molecule has 2 N–H and O–H groups in total. The Morgan fingerprint density at radius 1 is 1.00 bits per heavy atom. The average Bonchev–Trinajstić information content (AvgIpc) is 2.44. The summed E-state index contributed by atoms with van der Waals surface area (Å²) in [7, 11) is 0. The fraction of sp³-hybridized carbons (Fsp3) is 0.125. The molecule has 0 saturated carbocycles. The Morgan fingerprint density at radius 2 is 1.63 bits per heavy atom. The van der Waals surface area contributed by atoms with Gasteiger partial charge in [-0.15, -0.1) is 23.7 Å². The van der Waals surface area contributed by atoms with E-state index in [0.717, 1.165) is 22.7 Å². The molecule has 3 heteroatoms. The van der Waals surface area contributed by atoms with E-state index in [1.807, 2.05) is 36.4 Å². The molecule has 1 unspecified atom stereocenters. The van der Waals surface area contributed by atoms with Crippen LogP contribution in [0.3, 0.4) is 0 Å². The van der Waals surface area contributed by atoms with Crippen LogP contribution >= 0.6 is 0 Å². The zero-order valence-corrected chi connectivity index (χ0v) is 13.7. The van der Waals surface area contributed by atoms with Crippen molar-refractivity contribution >= 4 is 5.71 Å². The second-order valence-electron chi connectivity index (χ2n) is 4.57. The standard InChI is InChI=1S/C16H15N2.Y/c1-11-13-9-5-6-10-14(13)15(17)16(18-11)12-7-3-2-4-8-12;/h2-10,16-18H,1H3;/q-1;. The molecule has 1 radical (unpaired) electrons. The van der Waals surface area contributed by atoms with Crippen LogP contribution in [-0.2, 0) is 32.7 Å². The maximum atomic E-state index is 8.38. The Kier molecular flexibility index (Phi) is 4.56. The smallest absolute Gasteiger partial charge is 0.0569 e. The third kappa shape index (κ3) is 2.67. The molecule has 0 spiro atoms. The molecule has 3 rings (SSSR count). The Hall–Kier alpha value is -0.956. The first kappa shape index (κ1) is 14.5. The summed E-state index contributed by atoms with van der Waals surface area (Å²) in [6.07, 6.45) is 0. The molecule has 0 bridgehead atoms. The SMILES string of the molecule is C[C-]1NC(c2ccccc2)C(=N)c2ccccc21.[Y]. The third-order valence-corrected chi connectivity index (χ3v) is 3.40. The zero-order chi connectivity index (χ0) is 12.5. The van der Waals surface area contributed by atoms with Crippen LogP contribution in [-0.4, -0.2) is 5.71 Å². The molecule has 2 aromatic rings. The van der Waals surface area contributed by atoms with Gasteiger partial charge in [-0.2, -0.15) is 11.6 Å². The maximum Gasteiger partial charge on any atom is 0.0569 e. The largest absolute Gasteiger partial charge is 0.334 e. The first-order valence-electron chi connectivity index (χ1n) is 6.10. The molecule has 0 fully saturated rings. The molecule has 1 atom stereocenters. The van der Waals surface area contributed by atoms with Crippen molar-refractivity contribution in [1.82, 2.24) is 5.32 Å². The van der Waals surface area contributed by atoms with Crippen LogP contribution in [0.4, 0.5) is 0 Å². The van der Waals surface area contributed by atoms with Crippen molar-refractivity contribution in [3.05, 3.63) is 77.3 Å². The van der Waals surface area contributed by atoms with E-state index < -0.39 is 0 Å². The number of hydrogen-bond donors (Lipinski definition) is 2. The average molecular weight is 324 g/mol. The summed E-state index contributed by atoms with van der Waals surface area (Å²) < 4.78 is 0. The predicted molar refractivity (Wildman–Crippen MR) is 73.6 cm³/mol. The Balaban J connectivity index is 0.00000133. The molecule has 0 saturated heterocycles. The number of rotatable bonds is 1. The van der Waals surface area contributed by atoms with Crippen LogP contribution in [0.25, 0.3) is 0 Å². The summed E-state index contributed by atoms with van der Waals surface area (Å²) in [6.45, 7) is 2.07. The van der Waals surface area contributed by atoms with Gasteiger partial charge in [-0.1, -0.05) is 43.3 Å². The van der Waals surface area contributed by atoms with Crippen molar-refractivity contribution in [2.24, 2.45) is 0 Å². The van der Waals surface area contributed by atoms with Crippen LogP contribution in [0.15, 0.2) is 54.6 Å². The summed E-state index contributed by atoms with van der Waals surface area (Å²) in [6, 6.07) is 19.3. The van der Waals surface area contributed by atoms with Crippen LogP contribution < -0.4 is 5.32 Å². The van der Waals surface area contributed by atoms with Gasteiger partial charge in [-0.3, -0.25) is 0 Å².